The average Bonchev–Trinajstić information content (AvgIpc) is 2.76. The molecule has 0 aliphatic rings. The van der Waals surface area contributed by atoms with Crippen LogP contribution in [0.2, 0.25) is 0 Å². The van der Waals surface area contributed by atoms with E-state index in [1.54, 1.807) is 23.9 Å². The molecular weight excluding hydrogens is 234 g/mol. The van der Waals surface area contributed by atoms with Crippen LogP contribution < -0.4 is 5.43 Å². The second kappa shape index (κ2) is 5.36. The van der Waals surface area contributed by atoms with Crippen molar-refractivity contribution in [2.24, 2.45) is 5.10 Å². The lowest BCUT2D eigenvalue weighted by Gasteiger charge is -1.98. The van der Waals surface area contributed by atoms with Crippen molar-refractivity contribution < 1.29 is 4.79 Å². The number of carbonyl (C=O) groups excluding carboxylic acids is 1. The molecule has 2 rings (SSSR count). The fourth-order valence-electron chi connectivity index (χ4n) is 1.24. The highest BCUT2D eigenvalue weighted by Crippen LogP contribution is 2.08. The Labute approximate surface area is 103 Å². The van der Waals surface area contributed by atoms with Crippen molar-refractivity contribution in [2.45, 2.75) is 6.92 Å². The molecule has 0 saturated carbocycles. The number of aromatic nitrogens is 1. The van der Waals surface area contributed by atoms with Crippen LogP contribution in [-0.2, 0) is 0 Å². The first kappa shape index (κ1) is 11.5. The third kappa shape index (κ3) is 2.98. The van der Waals surface area contributed by atoms with Gasteiger partial charge in [-0.2, -0.15) is 5.10 Å². The number of benzene rings is 1. The largest absolute Gasteiger partial charge is 0.271 e. The van der Waals surface area contributed by atoms with Crippen molar-refractivity contribution >= 4 is 23.5 Å². The summed E-state index contributed by atoms with van der Waals surface area (Å²) in [5, 5.41) is 3.90. The lowest BCUT2D eigenvalue weighted by atomic mass is 10.2. The lowest BCUT2D eigenvalue weighted by Crippen LogP contribution is -2.17. The van der Waals surface area contributed by atoms with Gasteiger partial charge >= 0.3 is 0 Å². The van der Waals surface area contributed by atoms with Crippen LogP contribution in [0.5, 0.6) is 0 Å². The normalized spacial score (nSPS) is 10.6. The zero-order chi connectivity index (χ0) is 12.1. The van der Waals surface area contributed by atoms with Crippen LogP contribution in [-0.4, -0.2) is 17.1 Å². The maximum atomic E-state index is 11.6. The number of nitrogens with zero attached hydrogens (tertiary/aromatic N) is 2. The third-order valence-electron chi connectivity index (χ3n) is 2.17. The van der Waals surface area contributed by atoms with Crippen molar-refractivity contribution in [3.63, 3.8) is 0 Å². The Hall–Kier alpha value is -2.01. The van der Waals surface area contributed by atoms with Crippen molar-refractivity contribution in [2.75, 3.05) is 0 Å². The first-order valence-corrected chi connectivity index (χ1v) is 5.94. The number of carbonyl (C=O) groups is 1. The zero-order valence-electron chi connectivity index (χ0n) is 9.25. The van der Waals surface area contributed by atoms with E-state index in [0.717, 1.165) is 10.6 Å². The van der Waals surface area contributed by atoms with Crippen LogP contribution in [0, 0.1) is 6.92 Å². The Morgan fingerprint density at radius 3 is 2.82 bits per heavy atom. The molecule has 0 aliphatic heterocycles. The molecule has 0 atom stereocenters. The van der Waals surface area contributed by atoms with Crippen LogP contribution in [0.25, 0.3) is 0 Å². The molecule has 0 bridgehead atoms. The number of amides is 1. The molecular formula is C12H11N3OS. The van der Waals surface area contributed by atoms with Gasteiger partial charge in [0.05, 0.1) is 22.3 Å². The minimum Gasteiger partial charge on any atom is -0.267 e. The van der Waals surface area contributed by atoms with Gasteiger partial charge in [0, 0.05) is 5.56 Å². The summed E-state index contributed by atoms with van der Waals surface area (Å²) >= 11 is 1.49. The second-order valence-corrected chi connectivity index (χ2v) is 4.25. The van der Waals surface area contributed by atoms with Crippen molar-refractivity contribution in [3.8, 4) is 0 Å². The predicted molar refractivity (Wildman–Crippen MR) is 68.4 cm³/mol. The van der Waals surface area contributed by atoms with Crippen molar-refractivity contribution in [1.82, 2.24) is 10.4 Å². The quantitative estimate of drug-likeness (QED) is 0.666. The molecule has 0 aliphatic carbocycles. The summed E-state index contributed by atoms with van der Waals surface area (Å²) in [5.41, 5.74) is 5.72. The number of aryl methyl sites for hydroxylation is 1. The molecule has 1 N–H and O–H groups in total. The van der Waals surface area contributed by atoms with Crippen LogP contribution in [0.15, 0.2) is 40.9 Å². The van der Waals surface area contributed by atoms with Crippen LogP contribution in [0.3, 0.4) is 0 Å². The third-order valence-corrected chi connectivity index (χ3v) is 3.03. The van der Waals surface area contributed by atoms with E-state index in [4.69, 9.17) is 0 Å². The molecule has 0 unspecified atom stereocenters. The Balaban J connectivity index is 1.97. The zero-order valence-corrected chi connectivity index (χ0v) is 10.1. The number of hydrogen-bond acceptors (Lipinski definition) is 4. The van der Waals surface area contributed by atoms with E-state index < -0.39 is 0 Å². The number of thiazole rings is 1. The van der Waals surface area contributed by atoms with Crippen molar-refractivity contribution in [3.05, 3.63) is 52.0 Å². The van der Waals surface area contributed by atoms with Gasteiger partial charge in [0.2, 0.25) is 0 Å². The summed E-state index contributed by atoms with van der Waals surface area (Å²) in [5.74, 6) is -0.219. The summed E-state index contributed by atoms with van der Waals surface area (Å²) in [6.07, 6.45) is 1.60. The van der Waals surface area contributed by atoms with Gasteiger partial charge in [-0.25, -0.2) is 10.4 Å². The minimum atomic E-state index is -0.219. The van der Waals surface area contributed by atoms with Gasteiger partial charge in [-0.05, 0) is 19.1 Å². The topological polar surface area (TPSA) is 54.4 Å². The van der Waals surface area contributed by atoms with Gasteiger partial charge in [-0.3, -0.25) is 4.79 Å². The molecule has 17 heavy (non-hydrogen) atoms. The van der Waals surface area contributed by atoms with Gasteiger partial charge in [-0.1, -0.05) is 18.2 Å². The van der Waals surface area contributed by atoms with E-state index in [2.05, 4.69) is 15.5 Å². The molecule has 2 aromatic rings. The van der Waals surface area contributed by atoms with Crippen LogP contribution in [0.1, 0.15) is 20.9 Å². The molecule has 1 amide bonds. The first-order chi connectivity index (χ1) is 8.27. The van der Waals surface area contributed by atoms with Gasteiger partial charge in [-0.15, -0.1) is 11.3 Å². The monoisotopic (exact) mass is 245 g/mol. The molecule has 0 spiro atoms. The molecule has 0 radical (unpaired) electrons. The van der Waals surface area contributed by atoms with Crippen LogP contribution >= 0.6 is 11.3 Å². The Morgan fingerprint density at radius 2 is 2.18 bits per heavy atom. The summed E-state index contributed by atoms with van der Waals surface area (Å²) in [6, 6.07) is 8.96. The maximum Gasteiger partial charge on any atom is 0.271 e. The molecule has 5 heteroatoms. The fraction of sp³-hybridized carbons (Fsp3) is 0.0833. The number of hydrogen-bond donors (Lipinski definition) is 1. The second-order valence-electron chi connectivity index (χ2n) is 3.37. The van der Waals surface area contributed by atoms with E-state index in [0.29, 0.717) is 5.56 Å². The number of nitrogens with one attached hydrogen (secondary N) is 1. The average molecular weight is 245 g/mol. The number of hydrazone groups is 1. The number of rotatable bonds is 3. The first-order valence-electron chi connectivity index (χ1n) is 5.06. The molecule has 1 aromatic carbocycles. The Morgan fingerprint density at radius 1 is 1.41 bits per heavy atom. The molecule has 1 heterocycles. The SMILES string of the molecule is Cc1ncsc1/C=N/NC(=O)c1ccccc1. The highest BCUT2D eigenvalue weighted by molar-refractivity contribution is 7.11. The van der Waals surface area contributed by atoms with E-state index in [9.17, 15) is 4.79 Å². The van der Waals surface area contributed by atoms with E-state index in [1.165, 1.54) is 11.3 Å². The lowest BCUT2D eigenvalue weighted by molar-refractivity contribution is 0.0955. The van der Waals surface area contributed by atoms with E-state index in [-0.39, 0.29) is 5.91 Å². The fourth-order valence-corrected chi connectivity index (χ4v) is 1.90. The van der Waals surface area contributed by atoms with Gasteiger partial charge in [0.15, 0.2) is 0 Å². The summed E-state index contributed by atoms with van der Waals surface area (Å²) < 4.78 is 0. The summed E-state index contributed by atoms with van der Waals surface area (Å²) in [6.45, 7) is 1.90. The molecule has 0 saturated heterocycles. The van der Waals surface area contributed by atoms with Crippen LogP contribution in [0.4, 0.5) is 0 Å². The molecule has 1 aromatic heterocycles. The minimum absolute atomic E-state index is 0.219. The standard InChI is InChI=1S/C12H11N3OS/c1-9-11(17-8-13-9)7-14-15-12(16)10-5-3-2-4-6-10/h2-8H,1H3,(H,15,16)/b14-7+. The van der Waals surface area contributed by atoms with E-state index >= 15 is 0 Å². The Bertz CT molecular complexity index is 534. The maximum absolute atomic E-state index is 11.6. The molecule has 0 fully saturated rings. The van der Waals surface area contributed by atoms with Gasteiger partial charge in [0.25, 0.3) is 5.91 Å². The highest BCUT2D eigenvalue weighted by atomic mass is 32.1. The highest BCUT2D eigenvalue weighted by Gasteiger charge is 2.02. The summed E-state index contributed by atoms with van der Waals surface area (Å²) in [4.78, 5) is 16.7. The van der Waals surface area contributed by atoms with E-state index in [1.807, 2.05) is 25.1 Å². The van der Waals surface area contributed by atoms with Gasteiger partial charge < -0.3 is 0 Å². The predicted octanol–water partition coefficient (Wildman–Crippen LogP) is 2.22. The summed E-state index contributed by atoms with van der Waals surface area (Å²) in [7, 11) is 0. The molecule has 4 nitrogen and oxygen atoms in total. The van der Waals surface area contributed by atoms with Crippen molar-refractivity contribution in [1.29, 1.82) is 0 Å². The smallest absolute Gasteiger partial charge is 0.267 e. The molecule has 86 valence electrons. The van der Waals surface area contributed by atoms with Gasteiger partial charge in [0.1, 0.15) is 0 Å². The Kier molecular flexibility index (Phi) is 3.62.